The van der Waals surface area contributed by atoms with E-state index in [1.54, 1.807) is 12.1 Å². The standard InChI is InChI=1S/C13H13FN2/c1-10-4-2-5-11(8-10)9-15-13-7-3-6-12(14)16-13/h2-8H,9H2,1H3,(H,15,16). The second-order valence-electron chi connectivity index (χ2n) is 3.69. The van der Waals surface area contributed by atoms with E-state index in [4.69, 9.17) is 0 Å². The summed E-state index contributed by atoms with van der Waals surface area (Å²) in [5.41, 5.74) is 2.37. The minimum Gasteiger partial charge on any atom is -0.366 e. The van der Waals surface area contributed by atoms with Gasteiger partial charge in [-0.3, -0.25) is 0 Å². The van der Waals surface area contributed by atoms with E-state index in [0.29, 0.717) is 12.4 Å². The lowest BCUT2D eigenvalue weighted by atomic mass is 10.1. The van der Waals surface area contributed by atoms with E-state index in [0.717, 1.165) is 5.56 Å². The van der Waals surface area contributed by atoms with Crippen LogP contribution in [0.5, 0.6) is 0 Å². The molecule has 3 heteroatoms. The summed E-state index contributed by atoms with van der Waals surface area (Å²) in [5, 5.41) is 3.08. The van der Waals surface area contributed by atoms with Gasteiger partial charge >= 0.3 is 0 Å². The molecule has 0 spiro atoms. The van der Waals surface area contributed by atoms with E-state index in [-0.39, 0.29) is 0 Å². The molecule has 0 saturated heterocycles. The Bertz CT molecular complexity index is 437. The Kier molecular flexibility index (Phi) is 3.15. The van der Waals surface area contributed by atoms with Gasteiger partial charge in [0.1, 0.15) is 5.82 Å². The fourth-order valence-electron chi connectivity index (χ4n) is 1.52. The average Bonchev–Trinajstić information content (AvgIpc) is 2.27. The van der Waals surface area contributed by atoms with Gasteiger partial charge in [0.15, 0.2) is 0 Å². The van der Waals surface area contributed by atoms with Crippen molar-refractivity contribution < 1.29 is 4.39 Å². The van der Waals surface area contributed by atoms with E-state index in [9.17, 15) is 4.39 Å². The minimum absolute atomic E-state index is 0.464. The summed E-state index contributed by atoms with van der Waals surface area (Å²) < 4.78 is 12.8. The van der Waals surface area contributed by atoms with Crippen molar-refractivity contribution in [3.8, 4) is 0 Å². The number of anilines is 1. The molecule has 2 rings (SSSR count). The summed E-state index contributed by atoms with van der Waals surface area (Å²) >= 11 is 0. The lowest BCUT2D eigenvalue weighted by Gasteiger charge is -2.06. The van der Waals surface area contributed by atoms with E-state index in [2.05, 4.69) is 16.4 Å². The highest BCUT2D eigenvalue weighted by Gasteiger charge is 1.97. The van der Waals surface area contributed by atoms with Crippen LogP contribution in [0, 0.1) is 12.9 Å². The first kappa shape index (κ1) is 10.6. The summed E-state index contributed by atoms with van der Waals surface area (Å²) in [6.45, 7) is 2.70. The van der Waals surface area contributed by atoms with Crippen molar-refractivity contribution in [2.75, 3.05) is 5.32 Å². The number of halogens is 1. The monoisotopic (exact) mass is 216 g/mol. The third kappa shape index (κ3) is 2.79. The molecule has 1 aromatic heterocycles. The van der Waals surface area contributed by atoms with Gasteiger partial charge < -0.3 is 5.32 Å². The largest absolute Gasteiger partial charge is 0.366 e. The lowest BCUT2D eigenvalue weighted by molar-refractivity contribution is 0.585. The van der Waals surface area contributed by atoms with Crippen molar-refractivity contribution in [1.29, 1.82) is 0 Å². The van der Waals surface area contributed by atoms with E-state index in [1.807, 2.05) is 25.1 Å². The fraction of sp³-hybridized carbons (Fsp3) is 0.154. The van der Waals surface area contributed by atoms with Crippen LogP contribution >= 0.6 is 0 Å². The number of rotatable bonds is 3. The second kappa shape index (κ2) is 4.75. The van der Waals surface area contributed by atoms with Crippen molar-refractivity contribution in [3.05, 3.63) is 59.5 Å². The maximum Gasteiger partial charge on any atom is 0.214 e. The molecule has 0 radical (unpaired) electrons. The number of hydrogen-bond donors (Lipinski definition) is 1. The highest BCUT2D eigenvalue weighted by Crippen LogP contribution is 2.08. The van der Waals surface area contributed by atoms with Gasteiger partial charge in [-0.15, -0.1) is 0 Å². The van der Waals surface area contributed by atoms with Crippen LogP contribution in [0.1, 0.15) is 11.1 Å². The van der Waals surface area contributed by atoms with Crippen LogP contribution in [-0.4, -0.2) is 4.98 Å². The molecule has 0 aliphatic rings. The molecule has 1 N–H and O–H groups in total. The molecule has 2 aromatic rings. The highest BCUT2D eigenvalue weighted by molar-refractivity contribution is 5.35. The summed E-state index contributed by atoms with van der Waals surface area (Å²) in [5.74, 6) is 0.0933. The molecule has 16 heavy (non-hydrogen) atoms. The first-order valence-corrected chi connectivity index (χ1v) is 5.16. The smallest absolute Gasteiger partial charge is 0.214 e. The molecule has 82 valence electrons. The first-order valence-electron chi connectivity index (χ1n) is 5.16. The Morgan fingerprint density at radius 3 is 2.75 bits per heavy atom. The minimum atomic E-state index is -0.464. The zero-order valence-electron chi connectivity index (χ0n) is 9.07. The number of pyridine rings is 1. The zero-order valence-corrected chi connectivity index (χ0v) is 9.07. The van der Waals surface area contributed by atoms with Crippen molar-refractivity contribution >= 4 is 5.82 Å². The van der Waals surface area contributed by atoms with Gasteiger partial charge in [0, 0.05) is 6.54 Å². The van der Waals surface area contributed by atoms with Crippen LogP contribution in [0.2, 0.25) is 0 Å². The summed E-state index contributed by atoms with van der Waals surface area (Å²) in [7, 11) is 0. The predicted molar refractivity (Wildman–Crippen MR) is 62.7 cm³/mol. The SMILES string of the molecule is Cc1cccc(CNc2cccc(F)n2)c1. The molecule has 1 heterocycles. The Morgan fingerprint density at radius 2 is 2.00 bits per heavy atom. The zero-order chi connectivity index (χ0) is 11.4. The van der Waals surface area contributed by atoms with Crippen molar-refractivity contribution in [2.45, 2.75) is 13.5 Å². The number of hydrogen-bond acceptors (Lipinski definition) is 2. The molecule has 0 fully saturated rings. The van der Waals surface area contributed by atoms with Gasteiger partial charge in [-0.2, -0.15) is 4.39 Å². The van der Waals surface area contributed by atoms with Gasteiger partial charge in [-0.25, -0.2) is 4.98 Å². The molecule has 0 saturated carbocycles. The summed E-state index contributed by atoms with van der Waals surface area (Å²) in [6, 6.07) is 12.9. The molecule has 1 aromatic carbocycles. The van der Waals surface area contributed by atoms with Crippen molar-refractivity contribution in [3.63, 3.8) is 0 Å². The topological polar surface area (TPSA) is 24.9 Å². The van der Waals surface area contributed by atoms with Crippen molar-refractivity contribution in [2.24, 2.45) is 0 Å². The molecular formula is C13H13FN2. The fourth-order valence-corrected chi connectivity index (χ4v) is 1.52. The average molecular weight is 216 g/mol. The summed E-state index contributed by atoms with van der Waals surface area (Å²) in [6.07, 6.45) is 0. The van der Waals surface area contributed by atoms with Crippen LogP contribution in [-0.2, 0) is 6.54 Å². The van der Waals surface area contributed by atoms with Crippen LogP contribution in [0.3, 0.4) is 0 Å². The molecule has 0 aliphatic heterocycles. The van der Waals surface area contributed by atoms with E-state index in [1.165, 1.54) is 11.6 Å². The molecule has 0 amide bonds. The van der Waals surface area contributed by atoms with Crippen LogP contribution in [0.15, 0.2) is 42.5 Å². The highest BCUT2D eigenvalue weighted by atomic mass is 19.1. The molecule has 0 unspecified atom stereocenters. The maximum atomic E-state index is 12.8. The summed E-state index contributed by atoms with van der Waals surface area (Å²) in [4.78, 5) is 3.73. The lowest BCUT2D eigenvalue weighted by Crippen LogP contribution is -2.02. The van der Waals surface area contributed by atoms with E-state index < -0.39 is 5.95 Å². The van der Waals surface area contributed by atoms with Gasteiger partial charge in [0.05, 0.1) is 0 Å². The maximum absolute atomic E-state index is 12.8. The third-order valence-electron chi connectivity index (χ3n) is 2.27. The molecular weight excluding hydrogens is 203 g/mol. The van der Waals surface area contributed by atoms with Gasteiger partial charge in [-0.05, 0) is 24.6 Å². The quantitative estimate of drug-likeness (QED) is 0.797. The Balaban J connectivity index is 2.02. The van der Waals surface area contributed by atoms with Gasteiger partial charge in [0.25, 0.3) is 0 Å². The number of aryl methyl sites for hydroxylation is 1. The first-order chi connectivity index (χ1) is 7.74. The Morgan fingerprint density at radius 1 is 1.19 bits per heavy atom. The Labute approximate surface area is 94.2 Å². The molecule has 0 aliphatic carbocycles. The van der Waals surface area contributed by atoms with E-state index >= 15 is 0 Å². The normalized spacial score (nSPS) is 10.1. The van der Waals surface area contributed by atoms with Crippen LogP contribution in [0.25, 0.3) is 0 Å². The number of benzene rings is 1. The number of nitrogens with zero attached hydrogens (tertiary/aromatic N) is 1. The van der Waals surface area contributed by atoms with Crippen molar-refractivity contribution in [1.82, 2.24) is 4.98 Å². The van der Waals surface area contributed by atoms with Gasteiger partial charge in [0.2, 0.25) is 5.95 Å². The van der Waals surface area contributed by atoms with Gasteiger partial charge in [-0.1, -0.05) is 35.9 Å². The molecule has 0 bridgehead atoms. The van der Waals surface area contributed by atoms with Crippen LogP contribution in [0.4, 0.5) is 10.2 Å². The number of aromatic nitrogens is 1. The third-order valence-corrected chi connectivity index (χ3v) is 2.27. The number of nitrogens with one attached hydrogen (secondary N) is 1. The Hall–Kier alpha value is -1.90. The molecule has 0 atom stereocenters. The predicted octanol–water partition coefficient (Wildman–Crippen LogP) is 3.14. The molecule has 2 nitrogen and oxygen atoms in total. The van der Waals surface area contributed by atoms with Crippen LogP contribution < -0.4 is 5.32 Å². The second-order valence-corrected chi connectivity index (χ2v) is 3.69.